The summed E-state index contributed by atoms with van der Waals surface area (Å²) in [6.07, 6.45) is 3.62. The number of carboxylic acids is 1. The minimum Gasteiger partial charge on any atom is -0.478 e. The summed E-state index contributed by atoms with van der Waals surface area (Å²) in [5.41, 5.74) is 1.98. The first-order chi connectivity index (χ1) is 14.8. The fourth-order valence-electron chi connectivity index (χ4n) is 3.40. The van der Waals surface area contributed by atoms with Gasteiger partial charge in [-0.05, 0) is 45.3 Å². The lowest BCUT2D eigenvalue weighted by Gasteiger charge is -2.09. The standard InChI is InChI=1S/C20H20F2N6O3/c1-27(2)6-3-7-28-15-5-4-11(31-20(21)22)8-12(15)16(26-28)14-10-24-18-17(25-14)13(9-23-18)19(29)30/h4-5,8-10,20H,3,6-7H2,1-2H3,(H,23,24)(H,29,30). The Balaban J connectivity index is 1.83. The highest BCUT2D eigenvalue weighted by molar-refractivity contribution is 6.01. The Hall–Kier alpha value is -3.60. The summed E-state index contributed by atoms with van der Waals surface area (Å²) >= 11 is 0. The van der Waals surface area contributed by atoms with E-state index in [1.165, 1.54) is 24.5 Å². The molecule has 0 radical (unpaired) electrons. The topological polar surface area (TPSA) is 109 Å². The second-order valence-corrected chi connectivity index (χ2v) is 7.25. The van der Waals surface area contributed by atoms with E-state index in [4.69, 9.17) is 0 Å². The highest BCUT2D eigenvalue weighted by Gasteiger charge is 2.19. The maximum absolute atomic E-state index is 12.7. The van der Waals surface area contributed by atoms with Gasteiger partial charge in [0.25, 0.3) is 0 Å². The average Bonchev–Trinajstić information content (AvgIpc) is 3.28. The van der Waals surface area contributed by atoms with Gasteiger partial charge in [-0.25, -0.2) is 14.8 Å². The summed E-state index contributed by atoms with van der Waals surface area (Å²) in [5, 5.41) is 14.6. The molecule has 11 heteroatoms. The van der Waals surface area contributed by atoms with Crippen molar-refractivity contribution in [2.75, 3.05) is 20.6 Å². The van der Waals surface area contributed by atoms with E-state index in [9.17, 15) is 18.7 Å². The van der Waals surface area contributed by atoms with Crippen molar-refractivity contribution in [3.63, 3.8) is 0 Å². The van der Waals surface area contributed by atoms with Gasteiger partial charge in [0.1, 0.15) is 28.2 Å². The number of alkyl halides is 2. The summed E-state index contributed by atoms with van der Waals surface area (Å²) < 4.78 is 31.8. The molecular weight excluding hydrogens is 410 g/mol. The van der Waals surface area contributed by atoms with Crippen LogP contribution in [-0.4, -0.2) is 68.0 Å². The minimum atomic E-state index is -2.95. The molecule has 4 rings (SSSR count). The number of rotatable bonds is 8. The minimum absolute atomic E-state index is 0.00139. The van der Waals surface area contributed by atoms with Crippen molar-refractivity contribution in [2.24, 2.45) is 0 Å². The summed E-state index contributed by atoms with van der Waals surface area (Å²) in [6, 6.07) is 4.61. The number of aromatic carboxylic acids is 1. The normalized spacial score (nSPS) is 11.8. The number of aromatic amines is 1. The molecule has 0 aliphatic rings. The molecule has 0 saturated heterocycles. The van der Waals surface area contributed by atoms with Crippen LogP contribution in [0.4, 0.5) is 8.78 Å². The maximum Gasteiger partial charge on any atom is 0.387 e. The first kappa shape index (κ1) is 20.7. The van der Waals surface area contributed by atoms with Gasteiger partial charge in [0.05, 0.1) is 11.7 Å². The van der Waals surface area contributed by atoms with Crippen molar-refractivity contribution in [1.29, 1.82) is 0 Å². The van der Waals surface area contributed by atoms with Crippen LogP contribution in [0.5, 0.6) is 5.75 Å². The van der Waals surface area contributed by atoms with E-state index >= 15 is 0 Å². The number of H-pyrrole nitrogens is 1. The van der Waals surface area contributed by atoms with E-state index < -0.39 is 12.6 Å². The summed E-state index contributed by atoms with van der Waals surface area (Å²) in [5.74, 6) is -1.14. The van der Waals surface area contributed by atoms with Gasteiger partial charge in [-0.2, -0.15) is 13.9 Å². The predicted octanol–water partition coefficient (Wildman–Crippen LogP) is 3.23. The molecule has 0 atom stereocenters. The number of aryl methyl sites for hydroxylation is 1. The average molecular weight is 430 g/mol. The SMILES string of the molecule is CN(C)CCCn1nc(-c2cnc3[nH]cc(C(=O)O)c3n2)c2cc(OC(F)F)ccc21. The number of ether oxygens (including phenoxy) is 1. The molecule has 1 aromatic carbocycles. The third kappa shape index (κ3) is 4.17. The number of halogens is 2. The van der Waals surface area contributed by atoms with Crippen molar-refractivity contribution in [3.8, 4) is 17.1 Å². The van der Waals surface area contributed by atoms with Crippen LogP contribution in [0.25, 0.3) is 33.5 Å². The molecule has 0 bridgehead atoms. The van der Waals surface area contributed by atoms with Crippen LogP contribution in [0.1, 0.15) is 16.8 Å². The zero-order chi connectivity index (χ0) is 22.1. The smallest absolute Gasteiger partial charge is 0.387 e. The monoisotopic (exact) mass is 430 g/mol. The molecule has 0 saturated carbocycles. The van der Waals surface area contributed by atoms with Gasteiger partial charge < -0.3 is 19.7 Å². The van der Waals surface area contributed by atoms with E-state index in [-0.39, 0.29) is 16.8 Å². The number of nitrogens with one attached hydrogen (secondary N) is 1. The molecule has 9 nitrogen and oxygen atoms in total. The second kappa shape index (κ2) is 8.26. The lowest BCUT2D eigenvalue weighted by Crippen LogP contribution is -2.15. The Kier molecular flexibility index (Phi) is 5.51. The zero-order valence-corrected chi connectivity index (χ0v) is 16.8. The Bertz CT molecular complexity index is 1250. The number of hydrogen-bond donors (Lipinski definition) is 2. The number of nitrogens with zero attached hydrogens (tertiary/aromatic N) is 5. The van der Waals surface area contributed by atoms with Crippen LogP contribution in [0, 0.1) is 0 Å². The molecule has 2 N–H and O–H groups in total. The van der Waals surface area contributed by atoms with E-state index in [0.29, 0.717) is 29.0 Å². The van der Waals surface area contributed by atoms with Crippen LogP contribution in [0.2, 0.25) is 0 Å². The van der Waals surface area contributed by atoms with Gasteiger partial charge in [0.15, 0.2) is 5.65 Å². The van der Waals surface area contributed by atoms with Gasteiger partial charge in [-0.3, -0.25) is 4.68 Å². The van der Waals surface area contributed by atoms with Gasteiger partial charge in [0.2, 0.25) is 0 Å². The van der Waals surface area contributed by atoms with Crippen molar-refractivity contribution in [2.45, 2.75) is 19.6 Å². The first-order valence-electron chi connectivity index (χ1n) is 9.51. The number of carboxylic acid groups (broad SMARTS) is 1. The summed E-state index contributed by atoms with van der Waals surface area (Å²) in [4.78, 5) is 25.0. The third-order valence-electron chi connectivity index (χ3n) is 4.78. The van der Waals surface area contributed by atoms with Crippen LogP contribution in [-0.2, 0) is 6.54 Å². The molecule has 0 aliphatic carbocycles. The van der Waals surface area contributed by atoms with Crippen molar-refractivity contribution >= 4 is 28.0 Å². The fourth-order valence-corrected chi connectivity index (χ4v) is 3.40. The van der Waals surface area contributed by atoms with Gasteiger partial charge in [0, 0.05) is 18.1 Å². The number of aromatic nitrogens is 5. The fraction of sp³-hybridized carbons (Fsp3) is 0.300. The molecule has 3 heterocycles. The molecule has 3 aromatic heterocycles. The lowest BCUT2D eigenvalue weighted by atomic mass is 10.1. The molecule has 31 heavy (non-hydrogen) atoms. The Morgan fingerprint density at radius 3 is 2.87 bits per heavy atom. The van der Waals surface area contributed by atoms with E-state index in [2.05, 4.69) is 29.7 Å². The van der Waals surface area contributed by atoms with Crippen molar-refractivity contribution < 1.29 is 23.4 Å². The Labute approximate surface area is 175 Å². The lowest BCUT2D eigenvalue weighted by molar-refractivity contribution is -0.0497. The number of benzene rings is 1. The number of fused-ring (bicyclic) bond motifs is 2. The van der Waals surface area contributed by atoms with Gasteiger partial charge in [-0.15, -0.1) is 0 Å². The molecule has 0 aliphatic heterocycles. The van der Waals surface area contributed by atoms with Crippen LogP contribution >= 0.6 is 0 Å². The van der Waals surface area contributed by atoms with Gasteiger partial charge in [-0.1, -0.05) is 0 Å². The van der Waals surface area contributed by atoms with Crippen LogP contribution in [0.3, 0.4) is 0 Å². The van der Waals surface area contributed by atoms with Crippen LogP contribution < -0.4 is 4.74 Å². The van der Waals surface area contributed by atoms with E-state index in [0.717, 1.165) is 18.5 Å². The largest absolute Gasteiger partial charge is 0.478 e. The molecule has 0 unspecified atom stereocenters. The maximum atomic E-state index is 12.7. The van der Waals surface area contributed by atoms with Crippen LogP contribution in [0.15, 0.2) is 30.6 Å². The first-order valence-corrected chi connectivity index (χ1v) is 9.51. The predicted molar refractivity (Wildman–Crippen MR) is 109 cm³/mol. The zero-order valence-electron chi connectivity index (χ0n) is 16.8. The summed E-state index contributed by atoms with van der Waals surface area (Å²) in [6.45, 7) is -1.50. The molecule has 4 aromatic rings. The molecule has 0 spiro atoms. The van der Waals surface area contributed by atoms with Crippen molar-refractivity contribution in [1.82, 2.24) is 29.6 Å². The third-order valence-corrected chi connectivity index (χ3v) is 4.78. The van der Waals surface area contributed by atoms with Gasteiger partial charge >= 0.3 is 12.6 Å². The van der Waals surface area contributed by atoms with Crippen molar-refractivity contribution in [3.05, 3.63) is 36.2 Å². The number of carbonyl (C=O) groups is 1. The Morgan fingerprint density at radius 1 is 1.35 bits per heavy atom. The molecular formula is C20H20F2N6O3. The quantitative estimate of drug-likeness (QED) is 0.442. The summed E-state index contributed by atoms with van der Waals surface area (Å²) in [7, 11) is 3.95. The number of hydrogen-bond acceptors (Lipinski definition) is 6. The highest BCUT2D eigenvalue weighted by atomic mass is 19.3. The van der Waals surface area contributed by atoms with E-state index in [1.54, 1.807) is 10.7 Å². The molecule has 0 amide bonds. The second-order valence-electron chi connectivity index (χ2n) is 7.25. The highest BCUT2D eigenvalue weighted by Crippen LogP contribution is 2.31. The Morgan fingerprint density at radius 2 is 2.16 bits per heavy atom. The molecule has 0 fully saturated rings. The van der Waals surface area contributed by atoms with E-state index in [1.807, 2.05) is 14.1 Å². The molecule has 162 valence electrons.